The molecule has 0 bridgehead atoms. The Morgan fingerprint density at radius 1 is 0.778 bits per heavy atom. The average molecular weight is 403 g/mol. The average Bonchev–Trinajstić information content (AvgIpc) is 2.57. The third kappa shape index (κ3) is 14.3. The van der Waals surface area contributed by atoms with Gasteiger partial charge in [0.1, 0.15) is 5.75 Å². The first kappa shape index (κ1) is 24.4. The third-order valence-corrected chi connectivity index (χ3v) is 2.89. The first-order valence-electron chi connectivity index (χ1n) is 7.63. The highest BCUT2D eigenvalue weighted by Gasteiger charge is 2.03. The number of anilines is 3. The second kappa shape index (κ2) is 12.7. The maximum Gasteiger partial charge on any atom is 0.394 e. The van der Waals surface area contributed by atoms with Crippen LogP contribution in [0.4, 0.5) is 17.1 Å². The molecule has 0 fully saturated rings. The number of benzene rings is 2. The van der Waals surface area contributed by atoms with Gasteiger partial charge in [-0.05, 0) is 48.5 Å². The first-order chi connectivity index (χ1) is 12.6. The number of hydrogen-bond donors (Lipinski definition) is 7. The molecule has 0 aliphatic carbocycles. The molecule has 0 aliphatic heterocycles. The number of phenolic OH excluding ortho intramolecular Hbond substituents is 1. The summed E-state index contributed by atoms with van der Waals surface area (Å²) < 4.78 is 31.6. The van der Waals surface area contributed by atoms with Crippen molar-refractivity contribution >= 4 is 27.5 Å². The molecule has 10 nitrogen and oxygen atoms in total. The molecule has 0 heterocycles. The van der Waals surface area contributed by atoms with E-state index in [1.807, 2.05) is 17.0 Å². The summed E-state index contributed by atoms with van der Waals surface area (Å²) in [6, 6.07) is 13.8. The zero-order valence-electron chi connectivity index (χ0n) is 14.5. The third-order valence-electron chi connectivity index (χ3n) is 2.89. The van der Waals surface area contributed by atoms with E-state index in [4.69, 9.17) is 44.3 Å². The van der Waals surface area contributed by atoms with Crippen molar-refractivity contribution in [3.8, 4) is 5.75 Å². The van der Waals surface area contributed by atoms with E-state index in [1.54, 1.807) is 36.4 Å². The van der Waals surface area contributed by atoms with E-state index in [9.17, 15) is 0 Å². The highest BCUT2D eigenvalue weighted by Crippen LogP contribution is 2.15. The standard InChI is InChI=1S/C10H16N2O2.C6H7NO.H2O4S/c11-9-1-3-10(4-2-9)12(5-7-13)6-8-14;7-5-1-3-6(8)4-2-5;1-5(2,3)4/h1-4,13-14H,5-8,11H2;1-4,8H,7H2;(H2,1,2,3,4). The summed E-state index contributed by atoms with van der Waals surface area (Å²) in [4.78, 5) is 1.90. The van der Waals surface area contributed by atoms with Crippen LogP contribution in [0.1, 0.15) is 0 Å². The molecule has 0 saturated heterocycles. The lowest BCUT2D eigenvalue weighted by atomic mass is 10.2. The molecule has 0 aliphatic rings. The number of hydrogen-bond acceptors (Lipinski definition) is 8. The van der Waals surface area contributed by atoms with Crippen LogP contribution in [0, 0.1) is 0 Å². The molecule has 0 unspecified atom stereocenters. The molecular weight excluding hydrogens is 378 g/mol. The predicted octanol–water partition coefficient (Wildman–Crippen LogP) is 0.381. The van der Waals surface area contributed by atoms with E-state index in [0.29, 0.717) is 24.5 Å². The number of aromatic hydroxyl groups is 1. The van der Waals surface area contributed by atoms with Crippen molar-refractivity contribution < 1.29 is 32.8 Å². The number of nitrogens with two attached hydrogens (primary N) is 2. The maximum atomic E-state index is 8.83. The Morgan fingerprint density at radius 3 is 1.41 bits per heavy atom. The van der Waals surface area contributed by atoms with Crippen LogP contribution >= 0.6 is 0 Å². The maximum absolute atomic E-state index is 8.83. The molecule has 2 aromatic carbocycles. The van der Waals surface area contributed by atoms with Gasteiger partial charge in [0.15, 0.2) is 0 Å². The lowest BCUT2D eigenvalue weighted by Crippen LogP contribution is -2.29. The predicted molar refractivity (Wildman–Crippen MR) is 104 cm³/mol. The minimum atomic E-state index is -4.67. The second-order valence-corrected chi connectivity index (χ2v) is 5.96. The van der Waals surface area contributed by atoms with Crippen LogP contribution in [0.3, 0.4) is 0 Å². The van der Waals surface area contributed by atoms with E-state index in [1.165, 1.54) is 0 Å². The fraction of sp³-hybridized carbons (Fsp3) is 0.250. The van der Waals surface area contributed by atoms with Gasteiger partial charge in [-0.2, -0.15) is 8.42 Å². The molecule has 9 N–H and O–H groups in total. The zero-order chi connectivity index (χ0) is 20.9. The molecule has 2 aromatic rings. The molecule has 0 aromatic heterocycles. The largest absolute Gasteiger partial charge is 0.508 e. The van der Waals surface area contributed by atoms with Crippen LogP contribution in [0.25, 0.3) is 0 Å². The van der Waals surface area contributed by atoms with E-state index >= 15 is 0 Å². The molecular formula is C16H25N3O7S. The normalized spacial score (nSPS) is 10.1. The van der Waals surface area contributed by atoms with Crippen LogP contribution < -0.4 is 16.4 Å². The number of phenols is 1. The van der Waals surface area contributed by atoms with E-state index in [2.05, 4.69) is 0 Å². The summed E-state index contributed by atoms with van der Waals surface area (Å²) in [5.41, 5.74) is 13.2. The molecule has 0 atom stereocenters. The zero-order valence-corrected chi connectivity index (χ0v) is 15.3. The fourth-order valence-corrected chi connectivity index (χ4v) is 1.77. The topological polar surface area (TPSA) is 191 Å². The summed E-state index contributed by atoms with van der Waals surface area (Å²) in [7, 11) is -4.67. The molecule has 0 saturated carbocycles. The van der Waals surface area contributed by atoms with Gasteiger partial charge in [-0.25, -0.2) is 0 Å². The molecule has 0 amide bonds. The SMILES string of the molecule is Nc1ccc(N(CCO)CCO)cc1.Nc1ccc(O)cc1.O=S(=O)(O)O. The van der Waals surface area contributed by atoms with Gasteiger partial charge in [0.2, 0.25) is 0 Å². The van der Waals surface area contributed by atoms with E-state index < -0.39 is 10.4 Å². The van der Waals surface area contributed by atoms with Gasteiger partial charge >= 0.3 is 10.4 Å². The quantitative estimate of drug-likeness (QED) is 0.209. The summed E-state index contributed by atoms with van der Waals surface area (Å²) in [5, 5.41) is 26.4. The summed E-state index contributed by atoms with van der Waals surface area (Å²) in [6.45, 7) is 1.18. The second-order valence-electron chi connectivity index (χ2n) is 5.07. The molecule has 0 radical (unpaired) electrons. The van der Waals surface area contributed by atoms with Crippen LogP contribution in [0.2, 0.25) is 0 Å². The smallest absolute Gasteiger partial charge is 0.394 e. The first-order valence-corrected chi connectivity index (χ1v) is 9.03. The van der Waals surface area contributed by atoms with Crippen molar-refractivity contribution in [2.75, 3.05) is 42.7 Å². The van der Waals surface area contributed by atoms with Gasteiger partial charge in [-0.3, -0.25) is 9.11 Å². The Labute approximate surface area is 157 Å². The van der Waals surface area contributed by atoms with Crippen LogP contribution in [-0.2, 0) is 10.4 Å². The number of rotatable bonds is 5. The highest BCUT2D eigenvalue weighted by molar-refractivity contribution is 7.79. The minimum Gasteiger partial charge on any atom is -0.508 e. The monoisotopic (exact) mass is 403 g/mol. The molecule has 2 rings (SSSR count). The minimum absolute atomic E-state index is 0.0738. The Kier molecular flexibility index (Phi) is 11.5. The van der Waals surface area contributed by atoms with Crippen molar-refractivity contribution in [1.29, 1.82) is 0 Å². The number of aliphatic hydroxyl groups excluding tert-OH is 2. The Balaban J connectivity index is 0.000000437. The van der Waals surface area contributed by atoms with Gasteiger partial charge in [0, 0.05) is 30.2 Å². The Bertz CT molecular complexity index is 703. The van der Waals surface area contributed by atoms with Crippen molar-refractivity contribution in [1.82, 2.24) is 0 Å². The number of aliphatic hydroxyl groups is 2. The highest BCUT2D eigenvalue weighted by atomic mass is 32.3. The molecule has 11 heteroatoms. The Morgan fingerprint density at radius 2 is 1.11 bits per heavy atom. The molecule has 0 spiro atoms. The lowest BCUT2D eigenvalue weighted by molar-refractivity contribution is 0.281. The summed E-state index contributed by atoms with van der Waals surface area (Å²) in [5.74, 6) is 0.249. The van der Waals surface area contributed by atoms with Gasteiger partial charge in [-0.1, -0.05) is 0 Å². The van der Waals surface area contributed by atoms with Crippen LogP contribution in [0.5, 0.6) is 5.75 Å². The molecule has 27 heavy (non-hydrogen) atoms. The van der Waals surface area contributed by atoms with E-state index in [0.717, 1.165) is 5.69 Å². The van der Waals surface area contributed by atoms with Crippen molar-refractivity contribution in [3.05, 3.63) is 48.5 Å². The lowest BCUT2D eigenvalue weighted by Gasteiger charge is -2.22. The van der Waals surface area contributed by atoms with Gasteiger partial charge in [0.05, 0.1) is 13.2 Å². The van der Waals surface area contributed by atoms with Crippen LogP contribution in [0.15, 0.2) is 48.5 Å². The van der Waals surface area contributed by atoms with Gasteiger partial charge in [-0.15, -0.1) is 0 Å². The molecule has 152 valence electrons. The van der Waals surface area contributed by atoms with Crippen molar-refractivity contribution in [2.45, 2.75) is 0 Å². The van der Waals surface area contributed by atoms with Crippen molar-refractivity contribution in [3.63, 3.8) is 0 Å². The summed E-state index contributed by atoms with van der Waals surface area (Å²) in [6.07, 6.45) is 0. The Hall–Kier alpha value is -2.57. The fourth-order valence-electron chi connectivity index (χ4n) is 1.77. The van der Waals surface area contributed by atoms with Gasteiger partial charge < -0.3 is 31.7 Å². The van der Waals surface area contributed by atoms with Gasteiger partial charge in [0.25, 0.3) is 0 Å². The number of nitrogen functional groups attached to an aromatic ring is 2. The van der Waals surface area contributed by atoms with E-state index in [-0.39, 0.29) is 19.0 Å². The number of nitrogens with zero attached hydrogens (tertiary/aromatic N) is 1. The summed E-state index contributed by atoms with van der Waals surface area (Å²) >= 11 is 0. The van der Waals surface area contributed by atoms with Crippen LogP contribution in [-0.4, -0.2) is 59.1 Å². The van der Waals surface area contributed by atoms with Crippen molar-refractivity contribution in [2.24, 2.45) is 0 Å².